The molecule has 1 N–H and O–H groups in total. The van der Waals surface area contributed by atoms with Gasteiger partial charge in [0.05, 0.1) is 13.2 Å². The molecule has 5 heteroatoms. The van der Waals surface area contributed by atoms with Gasteiger partial charge < -0.3 is 19.7 Å². The minimum atomic E-state index is -0.0393. The summed E-state index contributed by atoms with van der Waals surface area (Å²) in [6.07, 6.45) is 2.93. The molecular formula is C18H28N2O3. The summed E-state index contributed by atoms with van der Waals surface area (Å²) in [7, 11) is 2.11. The molecule has 0 spiro atoms. The van der Waals surface area contributed by atoms with Gasteiger partial charge >= 0.3 is 0 Å². The third-order valence-electron chi connectivity index (χ3n) is 4.02. The van der Waals surface area contributed by atoms with Crippen molar-refractivity contribution >= 4 is 5.91 Å². The van der Waals surface area contributed by atoms with E-state index in [0.717, 1.165) is 32.4 Å². The molecule has 1 amide bonds. The van der Waals surface area contributed by atoms with Crippen LogP contribution >= 0.6 is 0 Å². The minimum absolute atomic E-state index is 0.0393. The number of benzene rings is 1. The molecular weight excluding hydrogens is 292 g/mol. The highest BCUT2D eigenvalue weighted by Gasteiger charge is 2.20. The van der Waals surface area contributed by atoms with Gasteiger partial charge in [-0.05, 0) is 64.5 Å². The standard InChI is InChI=1S/C18H28N2O3/c1-4-12-23-16-7-6-14(13-17(16)22-5-2)18(21)19-15-8-10-20(3)11-9-15/h6-7,13,15H,4-5,8-12H2,1-3H3,(H,19,21). The topological polar surface area (TPSA) is 50.8 Å². The zero-order chi connectivity index (χ0) is 16.7. The van der Waals surface area contributed by atoms with E-state index in [1.807, 2.05) is 13.0 Å². The Balaban J connectivity index is 2.03. The smallest absolute Gasteiger partial charge is 0.251 e. The van der Waals surface area contributed by atoms with E-state index < -0.39 is 0 Å². The fraction of sp³-hybridized carbons (Fsp3) is 0.611. The molecule has 5 nitrogen and oxygen atoms in total. The number of rotatable bonds is 7. The van der Waals surface area contributed by atoms with Crippen molar-refractivity contribution in [2.24, 2.45) is 0 Å². The van der Waals surface area contributed by atoms with Crippen molar-refractivity contribution in [2.75, 3.05) is 33.4 Å². The van der Waals surface area contributed by atoms with Crippen molar-refractivity contribution in [2.45, 2.75) is 39.2 Å². The van der Waals surface area contributed by atoms with Crippen molar-refractivity contribution in [3.63, 3.8) is 0 Å². The van der Waals surface area contributed by atoms with Gasteiger partial charge in [-0.25, -0.2) is 0 Å². The van der Waals surface area contributed by atoms with Crippen LogP contribution in [0.15, 0.2) is 18.2 Å². The van der Waals surface area contributed by atoms with Crippen LogP contribution in [0.1, 0.15) is 43.5 Å². The number of carbonyl (C=O) groups is 1. The van der Waals surface area contributed by atoms with Gasteiger partial charge in [-0.2, -0.15) is 0 Å². The Kier molecular flexibility index (Phi) is 6.71. The molecule has 0 aromatic heterocycles. The first-order chi connectivity index (χ1) is 11.1. The molecule has 0 bridgehead atoms. The molecule has 1 aliphatic rings. The Hall–Kier alpha value is -1.75. The molecule has 0 aliphatic carbocycles. The lowest BCUT2D eigenvalue weighted by atomic mass is 10.0. The van der Waals surface area contributed by atoms with E-state index in [-0.39, 0.29) is 11.9 Å². The summed E-state index contributed by atoms with van der Waals surface area (Å²) in [6.45, 7) is 7.22. The van der Waals surface area contributed by atoms with Crippen LogP contribution < -0.4 is 14.8 Å². The van der Waals surface area contributed by atoms with E-state index in [0.29, 0.717) is 30.3 Å². The molecule has 23 heavy (non-hydrogen) atoms. The Labute approximate surface area is 139 Å². The number of hydrogen-bond acceptors (Lipinski definition) is 4. The molecule has 1 aromatic rings. The van der Waals surface area contributed by atoms with Crippen molar-refractivity contribution in [3.8, 4) is 11.5 Å². The number of nitrogens with one attached hydrogen (secondary N) is 1. The molecule has 1 aromatic carbocycles. The first-order valence-electron chi connectivity index (χ1n) is 8.53. The van der Waals surface area contributed by atoms with Gasteiger partial charge in [0.2, 0.25) is 0 Å². The molecule has 2 rings (SSSR count). The zero-order valence-electron chi connectivity index (χ0n) is 14.4. The monoisotopic (exact) mass is 320 g/mol. The second-order valence-electron chi connectivity index (χ2n) is 5.99. The van der Waals surface area contributed by atoms with Crippen LogP contribution in [0, 0.1) is 0 Å². The Morgan fingerprint density at radius 3 is 2.61 bits per heavy atom. The third-order valence-corrected chi connectivity index (χ3v) is 4.02. The fourth-order valence-corrected chi connectivity index (χ4v) is 2.67. The van der Waals surface area contributed by atoms with Crippen LogP contribution in [0.2, 0.25) is 0 Å². The second kappa shape index (κ2) is 8.77. The lowest BCUT2D eigenvalue weighted by Gasteiger charge is -2.29. The van der Waals surface area contributed by atoms with Gasteiger partial charge in [0, 0.05) is 11.6 Å². The molecule has 0 atom stereocenters. The van der Waals surface area contributed by atoms with Gasteiger partial charge in [0.15, 0.2) is 11.5 Å². The van der Waals surface area contributed by atoms with Crippen LogP contribution in [0.3, 0.4) is 0 Å². The third kappa shape index (κ3) is 5.13. The Bertz CT molecular complexity index is 511. The van der Waals surface area contributed by atoms with Crippen LogP contribution in [0.4, 0.5) is 0 Å². The van der Waals surface area contributed by atoms with Gasteiger partial charge in [-0.15, -0.1) is 0 Å². The van der Waals surface area contributed by atoms with Crippen LogP contribution in [0.25, 0.3) is 0 Å². The number of nitrogens with zero attached hydrogens (tertiary/aromatic N) is 1. The number of carbonyl (C=O) groups excluding carboxylic acids is 1. The van der Waals surface area contributed by atoms with E-state index in [1.54, 1.807) is 12.1 Å². The van der Waals surface area contributed by atoms with Crippen molar-refractivity contribution in [1.82, 2.24) is 10.2 Å². The van der Waals surface area contributed by atoms with Crippen molar-refractivity contribution in [3.05, 3.63) is 23.8 Å². The number of amides is 1. The fourth-order valence-electron chi connectivity index (χ4n) is 2.67. The highest BCUT2D eigenvalue weighted by molar-refractivity contribution is 5.95. The summed E-state index contributed by atoms with van der Waals surface area (Å²) in [4.78, 5) is 14.7. The summed E-state index contributed by atoms with van der Waals surface area (Å²) in [5, 5.41) is 3.13. The van der Waals surface area contributed by atoms with E-state index in [4.69, 9.17) is 9.47 Å². The number of likely N-dealkylation sites (tertiary alicyclic amines) is 1. The highest BCUT2D eigenvalue weighted by Crippen LogP contribution is 2.28. The highest BCUT2D eigenvalue weighted by atomic mass is 16.5. The van der Waals surface area contributed by atoms with E-state index >= 15 is 0 Å². The first kappa shape index (κ1) is 17.6. The van der Waals surface area contributed by atoms with Gasteiger partial charge in [-0.3, -0.25) is 4.79 Å². The van der Waals surface area contributed by atoms with Crippen molar-refractivity contribution < 1.29 is 14.3 Å². The average Bonchev–Trinajstić information content (AvgIpc) is 2.56. The van der Waals surface area contributed by atoms with Gasteiger partial charge in [-0.1, -0.05) is 6.92 Å². The maximum Gasteiger partial charge on any atom is 0.251 e. The molecule has 0 radical (unpaired) electrons. The summed E-state index contributed by atoms with van der Waals surface area (Å²) in [5.74, 6) is 1.30. The predicted molar refractivity (Wildman–Crippen MR) is 91.4 cm³/mol. The molecule has 1 aliphatic heterocycles. The zero-order valence-corrected chi connectivity index (χ0v) is 14.4. The molecule has 128 valence electrons. The summed E-state index contributed by atoms with van der Waals surface area (Å²) < 4.78 is 11.3. The largest absolute Gasteiger partial charge is 0.490 e. The van der Waals surface area contributed by atoms with Crippen LogP contribution in [0.5, 0.6) is 11.5 Å². The lowest BCUT2D eigenvalue weighted by Crippen LogP contribution is -2.43. The Morgan fingerprint density at radius 2 is 1.96 bits per heavy atom. The molecule has 1 fully saturated rings. The van der Waals surface area contributed by atoms with Crippen LogP contribution in [-0.2, 0) is 0 Å². The van der Waals surface area contributed by atoms with Crippen LogP contribution in [-0.4, -0.2) is 50.2 Å². The second-order valence-corrected chi connectivity index (χ2v) is 5.99. The van der Waals surface area contributed by atoms with E-state index in [1.165, 1.54) is 0 Å². The quantitative estimate of drug-likeness (QED) is 0.839. The molecule has 0 saturated carbocycles. The lowest BCUT2D eigenvalue weighted by molar-refractivity contribution is 0.0916. The summed E-state index contributed by atoms with van der Waals surface area (Å²) in [6, 6.07) is 5.66. The average molecular weight is 320 g/mol. The normalized spacial score (nSPS) is 16.1. The number of piperidine rings is 1. The molecule has 0 unspecified atom stereocenters. The Morgan fingerprint density at radius 1 is 1.22 bits per heavy atom. The maximum atomic E-state index is 12.5. The predicted octanol–water partition coefficient (Wildman–Crippen LogP) is 2.70. The summed E-state index contributed by atoms with van der Waals surface area (Å²) >= 11 is 0. The van der Waals surface area contributed by atoms with Crippen molar-refractivity contribution in [1.29, 1.82) is 0 Å². The maximum absolute atomic E-state index is 12.5. The van der Waals surface area contributed by atoms with Gasteiger partial charge in [0.1, 0.15) is 0 Å². The van der Waals surface area contributed by atoms with Gasteiger partial charge in [0.25, 0.3) is 5.91 Å². The van der Waals surface area contributed by atoms with E-state index in [2.05, 4.69) is 24.2 Å². The van der Waals surface area contributed by atoms with E-state index in [9.17, 15) is 4.79 Å². The molecule has 1 heterocycles. The molecule has 1 saturated heterocycles. The minimum Gasteiger partial charge on any atom is -0.490 e. The number of hydrogen-bond donors (Lipinski definition) is 1. The number of ether oxygens (including phenoxy) is 2. The first-order valence-corrected chi connectivity index (χ1v) is 8.53. The SMILES string of the molecule is CCCOc1ccc(C(=O)NC2CCN(C)CC2)cc1OCC. The summed E-state index contributed by atoms with van der Waals surface area (Å²) in [5.41, 5.74) is 0.622.